The van der Waals surface area contributed by atoms with Crippen molar-refractivity contribution in [2.45, 2.75) is 6.42 Å². The van der Waals surface area contributed by atoms with E-state index in [9.17, 15) is 4.79 Å². The molecule has 116 valence electrons. The number of carbonyl (C=O) groups excluding carboxylic acids is 1. The van der Waals surface area contributed by atoms with Gasteiger partial charge < -0.3 is 9.26 Å². The van der Waals surface area contributed by atoms with Crippen molar-refractivity contribution in [1.29, 1.82) is 0 Å². The maximum Gasteiger partial charge on any atom is 0.232 e. The van der Waals surface area contributed by atoms with E-state index < -0.39 is 0 Å². The highest BCUT2D eigenvalue weighted by Gasteiger charge is 2.12. The summed E-state index contributed by atoms with van der Waals surface area (Å²) < 4.78 is 10.5. The SMILES string of the molecule is COc1cccc(-c2cc(CC(=O)Nc3ncccn3)no2)c1. The van der Waals surface area contributed by atoms with Crippen molar-refractivity contribution in [2.75, 3.05) is 12.4 Å². The predicted octanol–water partition coefficient (Wildman–Crippen LogP) is 2.32. The van der Waals surface area contributed by atoms with Gasteiger partial charge in [0.15, 0.2) is 5.76 Å². The largest absolute Gasteiger partial charge is 0.497 e. The van der Waals surface area contributed by atoms with Crippen LogP contribution in [0.1, 0.15) is 5.69 Å². The fourth-order valence-electron chi connectivity index (χ4n) is 2.00. The number of methoxy groups -OCH3 is 1. The lowest BCUT2D eigenvalue weighted by Crippen LogP contribution is -2.16. The Kier molecular flexibility index (Phi) is 4.28. The molecule has 0 bridgehead atoms. The molecule has 2 heterocycles. The molecule has 0 aliphatic rings. The number of hydrogen-bond donors (Lipinski definition) is 1. The van der Waals surface area contributed by atoms with Gasteiger partial charge in [-0.25, -0.2) is 9.97 Å². The van der Waals surface area contributed by atoms with E-state index >= 15 is 0 Å². The fourth-order valence-corrected chi connectivity index (χ4v) is 2.00. The molecule has 2 aromatic heterocycles. The van der Waals surface area contributed by atoms with Crippen LogP contribution in [0.5, 0.6) is 5.75 Å². The summed E-state index contributed by atoms with van der Waals surface area (Å²) in [4.78, 5) is 19.8. The first-order valence-corrected chi connectivity index (χ1v) is 6.91. The number of nitrogens with zero attached hydrogens (tertiary/aromatic N) is 3. The first kappa shape index (κ1) is 14.7. The summed E-state index contributed by atoms with van der Waals surface area (Å²) in [6.07, 6.45) is 3.19. The molecule has 1 aromatic carbocycles. The Morgan fingerprint density at radius 1 is 1.22 bits per heavy atom. The summed E-state index contributed by atoms with van der Waals surface area (Å²) in [6.45, 7) is 0. The van der Waals surface area contributed by atoms with Crippen molar-refractivity contribution in [3.63, 3.8) is 0 Å². The number of aromatic nitrogens is 3. The molecule has 0 saturated heterocycles. The van der Waals surface area contributed by atoms with E-state index in [-0.39, 0.29) is 18.3 Å². The second kappa shape index (κ2) is 6.69. The number of anilines is 1. The quantitative estimate of drug-likeness (QED) is 0.778. The summed E-state index contributed by atoms with van der Waals surface area (Å²) in [6, 6.07) is 10.8. The zero-order chi connectivity index (χ0) is 16.1. The molecule has 0 saturated carbocycles. The zero-order valence-corrected chi connectivity index (χ0v) is 12.4. The summed E-state index contributed by atoms with van der Waals surface area (Å²) in [5, 5.41) is 6.51. The van der Waals surface area contributed by atoms with Crippen LogP contribution in [0, 0.1) is 0 Å². The van der Waals surface area contributed by atoms with Gasteiger partial charge in [0.05, 0.1) is 19.2 Å². The Morgan fingerprint density at radius 3 is 2.83 bits per heavy atom. The van der Waals surface area contributed by atoms with E-state index in [4.69, 9.17) is 9.26 Å². The summed E-state index contributed by atoms with van der Waals surface area (Å²) >= 11 is 0. The average Bonchev–Trinajstić information content (AvgIpc) is 3.04. The van der Waals surface area contributed by atoms with Crippen LogP contribution in [0.2, 0.25) is 0 Å². The van der Waals surface area contributed by atoms with Gasteiger partial charge in [-0.2, -0.15) is 0 Å². The van der Waals surface area contributed by atoms with Gasteiger partial charge >= 0.3 is 0 Å². The molecule has 0 radical (unpaired) electrons. The van der Waals surface area contributed by atoms with E-state index in [1.165, 1.54) is 0 Å². The number of amides is 1. The molecule has 0 aliphatic heterocycles. The smallest absolute Gasteiger partial charge is 0.232 e. The van der Waals surface area contributed by atoms with Gasteiger partial charge in [0.25, 0.3) is 0 Å². The summed E-state index contributed by atoms with van der Waals surface area (Å²) in [5.41, 5.74) is 1.35. The molecule has 3 rings (SSSR count). The van der Waals surface area contributed by atoms with Crippen LogP contribution < -0.4 is 10.1 Å². The molecular weight excluding hydrogens is 296 g/mol. The highest BCUT2D eigenvalue weighted by atomic mass is 16.5. The third kappa shape index (κ3) is 3.70. The highest BCUT2D eigenvalue weighted by molar-refractivity contribution is 5.90. The minimum atomic E-state index is -0.262. The maximum absolute atomic E-state index is 11.9. The van der Waals surface area contributed by atoms with Crippen molar-refractivity contribution in [3.8, 4) is 17.1 Å². The van der Waals surface area contributed by atoms with E-state index in [2.05, 4.69) is 20.4 Å². The van der Waals surface area contributed by atoms with Crippen LogP contribution in [0.15, 0.2) is 53.3 Å². The molecule has 23 heavy (non-hydrogen) atoms. The standard InChI is InChI=1S/C16H14N4O3/c1-22-13-5-2-4-11(8-13)14-9-12(20-23-14)10-15(21)19-16-17-6-3-7-18-16/h2-9H,10H2,1H3,(H,17,18,19,21). The fraction of sp³-hybridized carbons (Fsp3) is 0.125. The van der Waals surface area contributed by atoms with Gasteiger partial charge in [-0.05, 0) is 18.2 Å². The van der Waals surface area contributed by atoms with Gasteiger partial charge in [0.2, 0.25) is 11.9 Å². The lowest BCUT2D eigenvalue weighted by Gasteiger charge is -2.00. The van der Waals surface area contributed by atoms with Gasteiger partial charge in [-0.3, -0.25) is 10.1 Å². The Labute approximate surface area is 132 Å². The number of ether oxygens (including phenoxy) is 1. The van der Waals surface area contributed by atoms with Gasteiger partial charge in [-0.1, -0.05) is 17.3 Å². The van der Waals surface area contributed by atoms with Gasteiger partial charge in [0.1, 0.15) is 5.75 Å². The van der Waals surface area contributed by atoms with E-state index in [0.29, 0.717) is 11.5 Å². The number of rotatable bonds is 5. The van der Waals surface area contributed by atoms with Crippen molar-refractivity contribution in [1.82, 2.24) is 15.1 Å². The van der Waals surface area contributed by atoms with Crippen molar-refractivity contribution < 1.29 is 14.1 Å². The lowest BCUT2D eigenvalue weighted by molar-refractivity contribution is -0.115. The highest BCUT2D eigenvalue weighted by Crippen LogP contribution is 2.24. The molecule has 0 unspecified atom stereocenters. The number of nitrogens with one attached hydrogen (secondary N) is 1. The summed E-state index contributed by atoms with van der Waals surface area (Å²) in [7, 11) is 1.60. The molecule has 0 aliphatic carbocycles. The molecule has 1 N–H and O–H groups in total. The molecular formula is C16H14N4O3. The normalized spacial score (nSPS) is 10.3. The number of hydrogen-bond acceptors (Lipinski definition) is 6. The third-order valence-corrected chi connectivity index (χ3v) is 3.07. The Balaban J connectivity index is 1.68. The zero-order valence-electron chi connectivity index (χ0n) is 12.4. The number of carbonyl (C=O) groups is 1. The molecule has 3 aromatic rings. The van der Waals surface area contributed by atoms with Crippen LogP contribution in [0.25, 0.3) is 11.3 Å². The van der Waals surface area contributed by atoms with Crippen LogP contribution in [0.4, 0.5) is 5.95 Å². The monoisotopic (exact) mass is 310 g/mol. The topological polar surface area (TPSA) is 90.1 Å². The second-order valence-corrected chi connectivity index (χ2v) is 4.71. The van der Waals surface area contributed by atoms with Crippen molar-refractivity contribution >= 4 is 11.9 Å². The van der Waals surface area contributed by atoms with Crippen molar-refractivity contribution in [2.24, 2.45) is 0 Å². The van der Waals surface area contributed by atoms with Crippen LogP contribution in [0.3, 0.4) is 0 Å². The van der Waals surface area contributed by atoms with Crippen LogP contribution in [-0.2, 0) is 11.2 Å². The molecule has 0 fully saturated rings. The first-order valence-electron chi connectivity index (χ1n) is 6.91. The minimum absolute atomic E-state index is 0.0751. The first-order chi connectivity index (χ1) is 11.2. The van der Waals surface area contributed by atoms with E-state index in [0.717, 1.165) is 11.3 Å². The second-order valence-electron chi connectivity index (χ2n) is 4.71. The number of benzene rings is 1. The molecule has 0 atom stereocenters. The summed E-state index contributed by atoms with van der Waals surface area (Å²) in [5.74, 6) is 1.29. The van der Waals surface area contributed by atoms with Gasteiger partial charge in [0, 0.05) is 24.0 Å². The average molecular weight is 310 g/mol. The van der Waals surface area contributed by atoms with E-state index in [1.54, 1.807) is 31.6 Å². The van der Waals surface area contributed by atoms with Crippen LogP contribution >= 0.6 is 0 Å². The minimum Gasteiger partial charge on any atom is -0.497 e. The molecule has 7 nitrogen and oxygen atoms in total. The van der Waals surface area contributed by atoms with E-state index in [1.807, 2.05) is 24.3 Å². The predicted molar refractivity (Wildman–Crippen MR) is 82.9 cm³/mol. The Bertz CT molecular complexity index is 802. The third-order valence-electron chi connectivity index (χ3n) is 3.07. The molecule has 0 spiro atoms. The molecule has 7 heteroatoms. The Morgan fingerprint density at radius 2 is 2.04 bits per heavy atom. The van der Waals surface area contributed by atoms with Crippen molar-refractivity contribution in [3.05, 3.63) is 54.5 Å². The lowest BCUT2D eigenvalue weighted by atomic mass is 10.1. The van der Waals surface area contributed by atoms with Crippen LogP contribution in [-0.4, -0.2) is 28.1 Å². The van der Waals surface area contributed by atoms with Gasteiger partial charge in [-0.15, -0.1) is 0 Å². The molecule has 1 amide bonds. The Hall–Kier alpha value is -3.22. The maximum atomic E-state index is 11.9.